The van der Waals surface area contributed by atoms with Gasteiger partial charge >= 0.3 is 0 Å². The number of furan rings is 1. The Morgan fingerprint density at radius 2 is 2.35 bits per heavy atom. The number of amides is 1. The normalized spacial score (nSPS) is 12.4. The van der Waals surface area contributed by atoms with Crippen molar-refractivity contribution < 1.29 is 9.21 Å². The summed E-state index contributed by atoms with van der Waals surface area (Å²) in [5, 5.41) is 7.05. The van der Waals surface area contributed by atoms with E-state index in [1.165, 1.54) is 12.5 Å². The fourth-order valence-electron chi connectivity index (χ4n) is 1.69. The Labute approximate surface area is 99.4 Å². The van der Waals surface area contributed by atoms with Crippen LogP contribution < -0.4 is 5.32 Å². The van der Waals surface area contributed by atoms with Crippen LogP contribution in [0.3, 0.4) is 0 Å². The predicted octanol–water partition coefficient (Wildman–Crippen LogP) is 1.81. The molecule has 0 bridgehead atoms. The molecule has 0 saturated carbocycles. The van der Waals surface area contributed by atoms with E-state index in [-0.39, 0.29) is 11.9 Å². The fourth-order valence-corrected chi connectivity index (χ4v) is 1.69. The number of hydrogen-bond acceptors (Lipinski definition) is 3. The lowest BCUT2D eigenvalue weighted by atomic mass is 10.1. The molecule has 0 aliphatic rings. The van der Waals surface area contributed by atoms with Crippen LogP contribution in [0.4, 0.5) is 0 Å². The largest absolute Gasteiger partial charge is 0.472 e. The van der Waals surface area contributed by atoms with Gasteiger partial charge in [-0.25, -0.2) is 0 Å². The van der Waals surface area contributed by atoms with Crippen LogP contribution in [0.25, 0.3) is 0 Å². The van der Waals surface area contributed by atoms with Gasteiger partial charge < -0.3 is 9.73 Å². The van der Waals surface area contributed by atoms with Gasteiger partial charge in [0.25, 0.3) is 5.91 Å². The minimum atomic E-state index is -0.144. The second-order valence-corrected chi connectivity index (χ2v) is 4.02. The van der Waals surface area contributed by atoms with E-state index in [0.717, 1.165) is 11.3 Å². The number of nitrogens with zero attached hydrogens (tertiary/aromatic N) is 2. The zero-order valence-corrected chi connectivity index (χ0v) is 10.1. The van der Waals surface area contributed by atoms with E-state index in [4.69, 9.17) is 4.42 Å². The van der Waals surface area contributed by atoms with Crippen molar-refractivity contribution in [1.82, 2.24) is 15.1 Å². The van der Waals surface area contributed by atoms with Crippen LogP contribution in [-0.2, 0) is 7.05 Å². The lowest BCUT2D eigenvalue weighted by molar-refractivity contribution is 0.0939. The quantitative estimate of drug-likeness (QED) is 0.879. The lowest BCUT2D eigenvalue weighted by Crippen LogP contribution is -2.26. The maximum atomic E-state index is 11.8. The average Bonchev–Trinajstić information content (AvgIpc) is 2.90. The van der Waals surface area contributed by atoms with Gasteiger partial charge in [0.15, 0.2) is 0 Å². The number of carbonyl (C=O) groups is 1. The van der Waals surface area contributed by atoms with Crippen molar-refractivity contribution in [1.29, 1.82) is 0 Å². The SMILES string of the molecule is Cc1c([C@H](C)NC(=O)c2ccoc2)cnn1C. The molecule has 5 heteroatoms. The number of hydrogen-bond donors (Lipinski definition) is 1. The molecule has 0 aliphatic heterocycles. The maximum Gasteiger partial charge on any atom is 0.255 e. The van der Waals surface area contributed by atoms with Crippen LogP contribution in [0.1, 0.15) is 34.6 Å². The number of nitrogens with one attached hydrogen (secondary N) is 1. The zero-order chi connectivity index (χ0) is 12.4. The summed E-state index contributed by atoms with van der Waals surface area (Å²) in [6.07, 6.45) is 4.68. The van der Waals surface area contributed by atoms with Gasteiger partial charge in [-0.1, -0.05) is 0 Å². The highest BCUT2D eigenvalue weighted by Gasteiger charge is 2.15. The zero-order valence-electron chi connectivity index (χ0n) is 10.1. The molecule has 2 aromatic heterocycles. The number of aryl methyl sites for hydroxylation is 1. The van der Waals surface area contributed by atoms with Crippen molar-refractivity contribution in [2.24, 2.45) is 7.05 Å². The first-order valence-corrected chi connectivity index (χ1v) is 5.41. The third kappa shape index (κ3) is 2.22. The number of carbonyl (C=O) groups excluding carboxylic acids is 1. The van der Waals surface area contributed by atoms with Crippen LogP contribution in [0.5, 0.6) is 0 Å². The summed E-state index contributed by atoms with van der Waals surface area (Å²) < 4.78 is 6.66. The van der Waals surface area contributed by atoms with Gasteiger partial charge in [0.2, 0.25) is 0 Å². The van der Waals surface area contributed by atoms with E-state index in [1.54, 1.807) is 16.9 Å². The molecule has 1 atom stereocenters. The molecule has 2 heterocycles. The van der Waals surface area contributed by atoms with Crippen molar-refractivity contribution in [3.05, 3.63) is 41.6 Å². The highest BCUT2D eigenvalue weighted by Crippen LogP contribution is 2.16. The van der Waals surface area contributed by atoms with Gasteiger partial charge in [-0.15, -0.1) is 0 Å². The molecular formula is C12H15N3O2. The van der Waals surface area contributed by atoms with Gasteiger partial charge in [-0.3, -0.25) is 9.48 Å². The van der Waals surface area contributed by atoms with Crippen LogP contribution in [-0.4, -0.2) is 15.7 Å². The van der Waals surface area contributed by atoms with Crippen molar-refractivity contribution in [2.75, 3.05) is 0 Å². The lowest BCUT2D eigenvalue weighted by Gasteiger charge is -2.12. The first-order chi connectivity index (χ1) is 8.09. The molecule has 1 amide bonds. The van der Waals surface area contributed by atoms with E-state index < -0.39 is 0 Å². The number of rotatable bonds is 3. The highest BCUT2D eigenvalue weighted by molar-refractivity contribution is 5.94. The summed E-state index contributed by atoms with van der Waals surface area (Å²) in [4.78, 5) is 11.8. The molecule has 0 aromatic carbocycles. The molecule has 0 fully saturated rings. The molecule has 5 nitrogen and oxygen atoms in total. The Hall–Kier alpha value is -2.04. The van der Waals surface area contributed by atoms with Crippen LogP contribution >= 0.6 is 0 Å². The molecule has 90 valence electrons. The van der Waals surface area contributed by atoms with Gasteiger partial charge in [-0.2, -0.15) is 5.10 Å². The van der Waals surface area contributed by atoms with E-state index in [1.807, 2.05) is 20.9 Å². The molecule has 2 rings (SSSR count). The second-order valence-electron chi connectivity index (χ2n) is 4.02. The average molecular weight is 233 g/mol. The van der Waals surface area contributed by atoms with Gasteiger partial charge in [-0.05, 0) is 19.9 Å². The smallest absolute Gasteiger partial charge is 0.255 e. The molecule has 0 saturated heterocycles. The van der Waals surface area contributed by atoms with E-state index in [9.17, 15) is 4.79 Å². The van der Waals surface area contributed by atoms with E-state index in [2.05, 4.69) is 10.4 Å². The first kappa shape index (κ1) is 11.4. The molecular weight excluding hydrogens is 218 g/mol. The third-order valence-electron chi connectivity index (χ3n) is 2.87. The van der Waals surface area contributed by atoms with Crippen molar-refractivity contribution in [3.8, 4) is 0 Å². The third-order valence-corrected chi connectivity index (χ3v) is 2.87. The monoisotopic (exact) mass is 233 g/mol. The van der Waals surface area contributed by atoms with E-state index >= 15 is 0 Å². The summed E-state index contributed by atoms with van der Waals surface area (Å²) in [5.74, 6) is -0.144. The van der Waals surface area contributed by atoms with Gasteiger partial charge in [0.05, 0.1) is 24.1 Å². The molecule has 0 spiro atoms. The minimum Gasteiger partial charge on any atom is -0.472 e. The molecule has 17 heavy (non-hydrogen) atoms. The van der Waals surface area contributed by atoms with Crippen molar-refractivity contribution in [2.45, 2.75) is 19.9 Å². The molecule has 0 radical (unpaired) electrons. The first-order valence-electron chi connectivity index (χ1n) is 5.41. The Bertz CT molecular complexity index is 514. The maximum absolute atomic E-state index is 11.8. The van der Waals surface area contributed by atoms with Gasteiger partial charge in [0, 0.05) is 18.3 Å². The summed E-state index contributed by atoms with van der Waals surface area (Å²) in [6, 6.07) is 1.56. The Kier molecular flexibility index (Phi) is 2.99. The summed E-state index contributed by atoms with van der Waals surface area (Å²) in [5.41, 5.74) is 2.59. The van der Waals surface area contributed by atoms with Crippen molar-refractivity contribution >= 4 is 5.91 Å². The van der Waals surface area contributed by atoms with Crippen molar-refractivity contribution in [3.63, 3.8) is 0 Å². The summed E-state index contributed by atoms with van der Waals surface area (Å²) >= 11 is 0. The van der Waals surface area contributed by atoms with Crippen LogP contribution in [0, 0.1) is 6.92 Å². The second kappa shape index (κ2) is 4.45. The molecule has 2 aromatic rings. The Morgan fingerprint density at radius 3 is 2.88 bits per heavy atom. The molecule has 1 N–H and O–H groups in total. The van der Waals surface area contributed by atoms with Gasteiger partial charge in [0.1, 0.15) is 6.26 Å². The highest BCUT2D eigenvalue weighted by atomic mass is 16.3. The molecule has 0 aliphatic carbocycles. The Morgan fingerprint density at radius 1 is 1.59 bits per heavy atom. The standard InChI is InChI=1S/C12H15N3O2/c1-8(11-6-13-15(3)9(11)2)14-12(16)10-4-5-17-7-10/h4-8H,1-3H3,(H,14,16)/t8-/m0/s1. The van der Waals surface area contributed by atoms with Crippen LogP contribution in [0.2, 0.25) is 0 Å². The summed E-state index contributed by atoms with van der Waals surface area (Å²) in [7, 11) is 1.88. The Balaban J connectivity index is 2.10. The predicted molar refractivity (Wildman–Crippen MR) is 62.5 cm³/mol. The number of aromatic nitrogens is 2. The van der Waals surface area contributed by atoms with E-state index in [0.29, 0.717) is 5.56 Å². The minimum absolute atomic E-state index is 0.0777. The topological polar surface area (TPSA) is 60.1 Å². The molecule has 0 unspecified atom stereocenters. The summed E-state index contributed by atoms with van der Waals surface area (Å²) in [6.45, 7) is 3.91. The fraction of sp³-hybridized carbons (Fsp3) is 0.333. The van der Waals surface area contributed by atoms with Crippen LogP contribution in [0.15, 0.2) is 29.2 Å².